The molecule has 2 aromatic carbocycles. The highest BCUT2D eigenvalue weighted by Crippen LogP contribution is 2.33. The van der Waals surface area contributed by atoms with Gasteiger partial charge in [0.15, 0.2) is 0 Å². The van der Waals surface area contributed by atoms with E-state index in [0.29, 0.717) is 6.42 Å². The van der Waals surface area contributed by atoms with E-state index in [-0.39, 0.29) is 11.8 Å². The minimum Gasteiger partial charge on any atom is -0.508 e. The van der Waals surface area contributed by atoms with Crippen LogP contribution in [-0.2, 0) is 6.42 Å². The van der Waals surface area contributed by atoms with Crippen molar-refractivity contribution >= 4 is 0 Å². The second-order valence-electron chi connectivity index (χ2n) is 5.27. The minimum atomic E-state index is -0.532. The molecule has 0 spiro atoms. The molecule has 0 heterocycles. The number of nitrogens with one attached hydrogen (secondary N) is 1. The Labute approximate surface area is 123 Å². The molecule has 21 heavy (non-hydrogen) atoms. The van der Waals surface area contributed by atoms with Crippen molar-refractivity contribution in [1.29, 1.82) is 5.26 Å². The third-order valence-corrected chi connectivity index (χ3v) is 3.91. The van der Waals surface area contributed by atoms with Crippen LogP contribution < -0.4 is 5.32 Å². The largest absolute Gasteiger partial charge is 0.508 e. The van der Waals surface area contributed by atoms with Crippen molar-refractivity contribution < 1.29 is 10.2 Å². The molecule has 0 aliphatic heterocycles. The number of phenols is 1. The number of phenolic OH excluding ortho intramolecular Hbond substituents is 1. The van der Waals surface area contributed by atoms with Crippen molar-refractivity contribution in [2.75, 3.05) is 0 Å². The summed E-state index contributed by atoms with van der Waals surface area (Å²) in [7, 11) is 0. The first-order valence-electron chi connectivity index (χ1n) is 6.89. The van der Waals surface area contributed by atoms with Crippen molar-refractivity contribution in [2.24, 2.45) is 0 Å². The van der Waals surface area contributed by atoms with Crippen LogP contribution in [-0.4, -0.2) is 16.3 Å². The third kappa shape index (κ3) is 2.62. The molecule has 0 fully saturated rings. The number of fused-ring (bicyclic) bond motifs is 1. The number of hydrogen-bond donors (Lipinski definition) is 3. The van der Waals surface area contributed by atoms with Gasteiger partial charge in [-0.05, 0) is 28.8 Å². The summed E-state index contributed by atoms with van der Waals surface area (Å²) in [5, 5.41) is 32.2. The molecule has 1 aliphatic rings. The van der Waals surface area contributed by atoms with Gasteiger partial charge in [0.1, 0.15) is 11.8 Å². The van der Waals surface area contributed by atoms with Gasteiger partial charge in [-0.2, -0.15) is 5.26 Å². The van der Waals surface area contributed by atoms with E-state index in [1.807, 2.05) is 24.3 Å². The van der Waals surface area contributed by atoms with E-state index in [0.717, 1.165) is 16.7 Å². The third-order valence-electron chi connectivity index (χ3n) is 3.91. The van der Waals surface area contributed by atoms with E-state index in [2.05, 4.69) is 11.4 Å². The zero-order valence-corrected chi connectivity index (χ0v) is 11.4. The maximum Gasteiger partial charge on any atom is 0.121 e. The highest BCUT2D eigenvalue weighted by atomic mass is 16.3. The van der Waals surface area contributed by atoms with Crippen molar-refractivity contribution in [3.05, 3.63) is 65.2 Å². The van der Waals surface area contributed by atoms with E-state index in [1.165, 1.54) is 0 Å². The lowest BCUT2D eigenvalue weighted by Gasteiger charge is -2.21. The normalized spacial score (nSPS) is 21.5. The fourth-order valence-corrected chi connectivity index (χ4v) is 2.83. The van der Waals surface area contributed by atoms with Gasteiger partial charge >= 0.3 is 0 Å². The molecule has 0 saturated heterocycles. The lowest BCUT2D eigenvalue weighted by Crippen LogP contribution is -2.31. The van der Waals surface area contributed by atoms with E-state index in [9.17, 15) is 15.5 Å². The van der Waals surface area contributed by atoms with E-state index < -0.39 is 12.1 Å². The molecule has 2 aromatic rings. The Hall–Kier alpha value is -2.35. The summed E-state index contributed by atoms with van der Waals surface area (Å²) in [6.45, 7) is 0. The Morgan fingerprint density at radius 1 is 1.14 bits per heavy atom. The smallest absolute Gasteiger partial charge is 0.121 e. The number of aromatic hydroxyl groups is 1. The SMILES string of the molecule is N#C[C@@H](N[C@H]1c2ccccc2C[C@H]1O)c1ccc(O)cc1. The number of aliphatic hydroxyl groups is 1. The summed E-state index contributed by atoms with van der Waals surface area (Å²) < 4.78 is 0. The second-order valence-corrected chi connectivity index (χ2v) is 5.27. The van der Waals surface area contributed by atoms with Gasteiger partial charge in [0.2, 0.25) is 0 Å². The van der Waals surface area contributed by atoms with Crippen LogP contribution in [0.15, 0.2) is 48.5 Å². The summed E-state index contributed by atoms with van der Waals surface area (Å²) >= 11 is 0. The highest BCUT2D eigenvalue weighted by molar-refractivity contribution is 5.38. The molecule has 0 bridgehead atoms. The van der Waals surface area contributed by atoms with Crippen molar-refractivity contribution in [3.63, 3.8) is 0 Å². The number of nitrogens with zero attached hydrogens (tertiary/aromatic N) is 1. The first kappa shape index (κ1) is 13.6. The van der Waals surface area contributed by atoms with Crippen molar-refractivity contribution in [2.45, 2.75) is 24.6 Å². The topological polar surface area (TPSA) is 76.3 Å². The predicted molar refractivity (Wildman–Crippen MR) is 78.5 cm³/mol. The lowest BCUT2D eigenvalue weighted by molar-refractivity contribution is 0.138. The molecule has 0 aromatic heterocycles. The maximum atomic E-state index is 10.2. The van der Waals surface area contributed by atoms with Crippen LogP contribution in [0.25, 0.3) is 0 Å². The summed E-state index contributed by atoms with van der Waals surface area (Å²) in [6, 6.07) is 15.8. The van der Waals surface area contributed by atoms with Crippen LogP contribution in [0, 0.1) is 11.3 Å². The zero-order chi connectivity index (χ0) is 14.8. The van der Waals surface area contributed by atoms with Crippen LogP contribution in [0.2, 0.25) is 0 Å². The van der Waals surface area contributed by atoms with Gasteiger partial charge in [0.05, 0.1) is 18.2 Å². The Morgan fingerprint density at radius 2 is 1.86 bits per heavy atom. The standard InChI is InChI=1S/C17H16N2O2/c18-10-15(11-5-7-13(20)8-6-11)19-17-14-4-2-1-3-12(14)9-16(17)21/h1-8,15-17,19-21H,9H2/t15-,16-,17+/m1/s1. The van der Waals surface area contributed by atoms with Crippen LogP contribution in [0.5, 0.6) is 5.75 Å². The zero-order valence-electron chi connectivity index (χ0n) is 11.4. The maximum absolute atomic E-state index is 10.2. The van der Waals surface area contributed by atoms with Crippen LogP contribution in [0.1, 0.15) is 28.8 Å². The number of aliphatic hydroxyl groups excluding tert-OH is 1. The average molecular weight is 280 g/mol. The summed E-state index contributed by atoms with van der Waals surface area (Å²) in [5.74, 6) is 0.168. The molecule has 0 radical (unpaired) electrons. The predicted octanol–water partition coefficient (Wildman–Crippen LogP) is 2.20. The molecular formula is C17H16N2O2. The van der Waals surface area contributed by atoms with E-state index in [1.54, 1.807) is 24.3 Å². The van der Waals surface area contributed by atoms with Gasteiger partial charge in [0, 0.05) is 6.42 Å². The Bertz CT molecular complexity index is 676. The van der Waals surface area contributed by atoms with Gasteiger partial charge in [-0.3, -0.25) is 5.32 Å². The van der Waals surface area contributed by atoms with Crippen molar-refractivity contribution in [1.82, 2.24) is 5.32 Å². The Kier molecular flexibility index (Phi) is 3.61. The molecule has 0 amide bonds. The van der Waals surface area contributed by atoms with E-state index >= 15 is 0 Å². The number of hydrogen-bond acceptors (Lipinski definition) is 4. The van der Waals surface area contributed by atoms with Gasteiger partial charge < -0.3 is 10.2 Å². The lowest BCUT2D eigenvalue weighted by atomic mass is 10.0. The monoisotopic (exact) mass is 280 g/mol. The van der Waals surface area contributed by atoms with Gasteiger partial charge in [-0.25, -0.2) is 0 Å². The molecule has 4 heteroatoms. The minimum absolute atomic E-state index is 0.168. The fourth-order valence-electron chi connectivity index (χ4n) is 2.83. The second kappa shape index (κ2) is 5.57. The highest BCUT2D eigenvalue weighted by Gasteiger charge is 2.32. The molecular weight excluding hydrogens is 264 g/mol. The first-order chi connectivity index (χ1) is 10.2. The van der Waals surface area contributed by atoms with Crippen LogP contribution in [0.3, 0.4) is 0 Å². The molecule has 3 atom stereocenters. The molecule has 4 nitrogen and oxygen atoms in total. The fraction of sp³-hybridized carbons (Fsp3) is 0.235. The van der Waals surface area contributed by atoms with Crippen LogP contribution in [0.4, 0.5) is 0 Å². The van der Waals surface area contributed by atoms with Gasteiger partial charge in [-0.15, -0.1) is 0 Å². The molecule has 3 N–H and O–H groups in total. The number of rotatable bonds is 3. The van der Waals surface area contributed by atoms with Gasteiger partial charge in [-0.1, -0.05) is 36.4 Å². The summed E-state index contributed by atoms with van der Waals surface area (Å²) in [5.41, 5.74) is 2.93. The molecule has 1 aliphatic carbocycles. The first-order valence-corrected chi connectivity index (χ1v) is 6.89. The molecule has 106 valence electrons. The van der Waals surface area contributed by atoms with Crippen LogP contribution >= 0.6 is 0 Å². The number of nitriles is 1. The summed E-state index contributed by atoms with van der Waals surface area (Å²) in [4.78, 5) is 0. The summed E-state index contributed by atoms with van der Waals surface area (Å²) in [6.07, 6.45) is 0.0667. The average Bonchev–Trinajstić information content (AvgIpc) is 2.81. The molecule has 0 saturated carbocycles. The Balaban J connectivity index is 1.85. The molecule has 3 rings (SSSR count). The Morgan fingerprint density at radius 3 is 2.57 bits per heavy atom. The van der Waals surface area contributed by atoms with Gasteiger partial charge in [0.25, 0.3) is 0 Å². The number of benzene rings is 2. The van der Waals surface area contributed by atoms with E-state index in [4.69, 9.17) is 0 Å². The molecule has 0 unspecified atom stereocenters. The van der Waals surface area contributed by atoms with Crippen molar-refractivity contribution in [3.8, 4) is 11.8 Å². The quantitative estimate of drug-likeness (QED) is 0.805.